The molecular weight excluding hydrogens is 362 g/mol. The molecule has 7 nitrogen and oxygen atoms in total. The predicted molar refractivity (Wildman–Crippen MR) is 107 cm³/mol. The Hall–Kier alpha value is -2.06. The first-order chi connectivity index (χ1) is 13.0. The van der Waals surface area contributed by atoms with Crippen LogP contribution in [0.15, 0.2) is 29.4 Å². The zero-order valence-corrected chi connectivity index (χ0v) is 17.2. The topological polar surface area (TPSA) is 63.5 Å². The van der Waals surface area contributed by atoms with Crippen molar-refractivity contribution in [1.82, 2.24) is 24.6 Å². The first kappa shape index (κ1) is 19.7. The van der Waals surface area contributed by atoms with Crippen LogP contribution in [0.1, 0.15) is 13.8 Å². The van der Waals surface area contributed by atoms with Crippen LogP contribution in [0, 0.1) is 0 Å². The van der Waals surface area contributed by atoms with Crippen LogP contribution in [0.25, 0.3) is 11.4 Å². The minimum atomic E-state index is -0.190. The van der Waals surface area contributed by atoms with Gasteiger partial charge >= 0.3 is 0 Å². The molecule has 1 aromatic carbocycles. The molecule has 1 amide bonds. The lowest BCUT2D eigenvalue weighted by molar-refractivity contribution is -0.132. The van der Waals surface area contributed by atoms with Crippen LogP contribution in [0.4, 0.5) is 0 Å². The van der Waals surface area contributed by atoms with Crippen LogP contribution in [-0.2, 0) is 11.8 Å². The van der Waals surface area contributed by atoms with Gasteiger partial charge in [0.2, 0.25) is 5.91 Å². The largest absolute Gasteiger partial charge is 0.497 e. The number of hydrogen-bond acceptors (Lipinski definition) is 6. The van der Waals surface area contributed by atoms with Gasteiger partial charge < -0.3 is 19.1 Å². The minimum Gasteiger partial charge on any atom is -0.497 e. The maximum Gasteiger partial charge on any atom is 0.235 e. The molecule has 0 spiro atoms. The highest BCUT2D eigenvalue weighted by Gasteiger charge is 2.26. The van der Waals surface area contributed by atoms with Gasteiger partial charge in [-0.15, -0.1) is 10.2 Å². The summed E-state index contributed by atoms with van der Waals surface area (Å²) in [5, 5.41) is 9.15. The number of nitrogens with zero attached hydrogens (tertiary/aromatic N) is 5. The highest BCUT2D eigenvalue weighted by atomic mass is 32.2. The third kappa shape index (κ3) is 4.44. The fraction of sp³-hybridized carbons (Fsp3) is 0.526. The molecule has 27 heavy (non-hydrogen) atoms. The lowest BCUT2D eigenvalue weighted by atomic mass is 10.2. The summed E-state index contributed by atoms with van der Waals surface area (Å²) in [5.41, 5.74) is 0.965. The average molecular weight is 390 g/mol. The number of piperazine rings is 1. The number of hydrogen-bond donors (Lipinski definition) is 0. The van der Waals surface area contributed by atoms with E-state index in [1.165, 1.54) is 11.8 Å². The van der Waals surface area contributed by atoms with Gasteiger partial charge in [-0.1, -0.05) is 18.7 Å². The van der Waals surface area contributed by atoms with E-state index in [1.54, 1.807) is 7.11 Å². The fourth-order valence-corrected chi connectivity index (χ4v) is 4.06. The maximum absolute atomic E-state index is 12.8. The van der Waals surface area contributed by atoms with Crippen LogP contribution in [0.2, 0.25) is 0 Å². The van der Waals surface area contributed by atoms with Crippen LogP contribution in [0.3, 0.4) is 0 Å². The van der Waals surface area contributed by atoms with Crippen LogP contribution in [0.5, 0.6) is 5.75 Å². The summed E-state index contributed by atoms with van der Waals surface area (Å²) in [7, 11) is 3.58. The Kier molecular flexibility index (Phi) is 6.38. The number of ether oxygens (including phenoxy) is 1. The lowest BCUT2D eigenvalue weighted by Crippen LogP contribution is -2.50. The molecule has 8 heteroatoms. The zero-order valence-electron chi connectivity index (χ0n) is 16.4. The third-order valence-corrected chi connectivity index (χ3v) is 6.07. The van der Waals surface area contributed by atoms with Crippen molar-refractivity contribution in [2.75, 3.05) is 39.8 Å². The third-order valence-electron chi connectivity index (χ3n) is 4.94. The molecule has 1 aromatic heterocycles. The number of benzene rings is 1. The van der Waals surface area contributed by atoms with Gasteiger partial charge in [-0.25, -0.2) is 0 Å². The summed E-state index contributed by atoms with van der Waals surface area (Å²) in [6.45, 7) is 8.64. The Morgan fingerprint density at radius 1 is 1.19 bits per heavy atom. The van der Waals surface area contributed by atoms with Gasteiger partial charge in [0, 0.05) is 38.8 Å². The van der Waals surface area contributed by atoms with Crippen molar-refractivity contribution in [3.05, 3.63) is 24.3 Å². The van der Waals surface area contributed by atoms with E-state index >= 15 is 0 Å². The molecule has 1 aliphatic heterocycles. The number of aromatic nitrogens is 3. The standard InChI is InChI=1S/C19H27N5O2S/c1-5-23-10-12-24(13-11-23)18(25)14(2)27-19-21-20-17(22(19)3)15-6-8-16(26-4)9-7-15/h6-9,14H,5,10-13H2,1-4H3/t14-/m0/s1. The molecule has 2 aromatic rings. The number of rotatable bonds is 6. The number of methoxy groups -OCH3 is 1. The number of carbonyl (C=O) groups is 1. The van der Waals surface area contributed by atoms with Crippen molar-refractivity contribution in [3.63, 3.8) is 0 Å². The molecule has 1 fully saturated rings. The van der Waals surface area contributed by atoms with E-state index < -0.39 is 0 Å². The Balaban J connectivity index is 1.65. The summed E-state index contributed by atoms with van der Waals surface area (Å²) in [6.07, 6.45) is 0. The molecule has 1 aliphatic rings. The van der Waals surface area contributed by atoms with Gasteiger partial charge in [0.05, 0.1) is 12.4 Å². The molecular formula is C19H27N5O2S. The van der Waals surface area contributed by atoms with E-state index in [2.05, 4.69) is 22.0 Å². The van der Waals surface area contributed by atoms with E-state index in [0.717, 1.165) is 55.0 Å². The average Bonchev–Trinajstić information content (AvgIpc) is 3.07. The monoisotopic (exact) mass is 389 g/mol. The SMILES string of the molecule is CCN1CCN(C(=O)[C@H](C)Sc2nnc(-c3ccc(OC)cc3)n2C)CC1. The van der Waals surface area contributed by atoms with Gasteiger partial charge in [0.25, 0.3) is 0 Å². The number of carbonyl (C=O) groups excluding carboxylic acids is 1. The first-order valence-electron chi connectivity index (χ1n) is 9.25. The molecule has 0 radical (unpaired) electrons. The molecule has 0 bridgehead atoms. The van der Waals surface area contributed by atoms with Crippen molar-refractivity contribution in [1.29, 1.82) is 0 Å². The molecule has 2 heterocycles. The molecule has 1 atom stereocenters. The normalized spacial score (nSPS) is 16.4. The quantitative estimate of drug-likeness (QED) is 0.706. The fourth-order valence-electron chi connectivity index (χ4n) is 3.16. The molecule has 0 aliphatic carbocycles. The molecule has 0 saturated carbocycles. The van der Waals surface area contributed by atoms with Gasteiger partial charge in [-0.2, -0.15) is 0 Å². The van der Waals surface area contributed by atoms with Crippen LogP contribution in [-0.4, -0.2) is 75.6 Å². The second-order valence-electron chi connectivity index (χ2n) is 6.61. The summed E-state index contributed by atoms with van der Waals surface area (Å²) in [4.78, 5) is 17.1. The van der Waals surface area contributed by atoms with E-state index in [9.17, 15) is 4.79 Å². The van der Waals surface area contributed by atoms with Gasteiger partial charge in [-0.3, -0.25) is 4.79 Å². The molecule has 1 saturated heterocycles. The Morgan fingerprint density at radius 2 is 1.85 bits per heavy atom. The van der Waals surface area contributed by atoms with Crippen molar-refractivity contribution in [3.8, 4) is 17.1 Å². The smallest absolute Gasteiger partial charge is 0.235 e. The Morgan fingerprint density at radius 3 is 2.44 bits per heavy atom. The van der Waals surface area contributed by atoms with E-state index in [1.807, 2.05) is 47.7 Å². The first-order valence-corrected chi connectivity index (χ1v) is 10.1. The van der Waals surface area contributed by atoms with E-state index in [-0.39, 0.29) is 11.2 Å². The predicted octanol–water partition coefficient (Wildman–Crippen LogP) is 2.14. The number of likely N-dealkylation sites (N-methyl/N-ethyl adjacent to an activating group) is 1. The Bertz CT molecular complexity index is 769. The molecule has 146 valence electrons. The summed E-state index contributed by atoms with van der Waals surface area (Å²) in [5.74, 6) is 1.75. The number of thioether (sulfide) groups is 1. The van der Waals surface area contributed by atoms with Crippen LogP contribution < -0.4 is 4.74 Å². The second kappa shape index (κ2) is 8.75. The molecule has 3 rings (SSSR count). The Labute approximate surface area is 164 Å². The maximum atomic E-state index is 12.8. The van der Waals surface area contributed by atoms with Gasteiger partial charge in [-0.05, 0) is 37.7 Å². The van der Waals surface area contributed by atoms with Crippen molar-refractivity contribution in [2.24, 2.45) is 7.05 Å². The zero-order chi connectivity index (χ0) is 19.4. The van der Waals surface area contributed by atoms with Crippen molar-refractivity contribution < 1.29 is 9.53 Å². The molecule has 0 unspecified atom stereocenters. The number of amides is 1. The van der Waals surface area contributed by atoms with Crippen molar-refractivity contribution in [2.45, 2.75) is 24.3 Å². The van der Waals surface area contributed by atoms with Crippen molar-refractivity contribution >= 4 is 17.7 Å². The van der Waals surface area contributed by atoms with E-state index in [0.29, 0.717) is 0 Å². The molecule has 0 N–H and O–H groups in total. The van der Waals surface area contributed by atoms with E-state index in [4.69, 9.17) is 4.74 Å². The summed E-state index contributed by atoms with van der Waals surface area (Å²) in [6, 6.07) is 7.72. The van der Waals surface area contributed by atoms with Gasteiger partial charge in [0.1, 0.15) is 5.75 Å². The van der Waals surface area contributed by atoms with Crippen LogP contribution >= 0.6 is 11.8 Å². The highest BCUT2D eigenvalue weighted by molar-refractivity contribution is 8.00. The second-order valence-corrected chi connectivity index (χ2v) is 7.92. The van der Waals surface area contributed by atoms with Gasteiger partial charge in [0.15, 0.2) is 11.0 Å². The lowest BCUT2D eigenvalue weighted by Gasteiger charge is -2.35. The summed E-state index contributed by atoms with van der Waals surface area (Å²) < 4.78 is 7.13. The highest BCUT2D eigenvalue weighted by Crippen LogP contribution is 2.27. The minimum absolute atomic E-state index is 0.171. The summed E-state index contributed by atoms with van der Waals surface area (Å²) >= 11 is 1.46.